The number of piperazine rings is 1. The van der Waals surface area contributed by atoms with Crippen LogP contribution in [0.4, 0.5) is 0 Å². The van der Waals surface area contributed by atoms with Crippen LogP contribution in [0.1, 0.15) is 24.4 Å². The SMILES string of the molecule is c1cc2c(c([C@H](C3CC3)N3CCNCC3)c1)OCO2. The van der Waals surface area contributed by atoms with Gasteiger partial charge in [0.05, 0.1) is 0 Å². The molecule has 1 aromatic carbocycles. The van der Waals surface area contributed by atoms with Gasteiger partial charge < -0.3 is 14.8 Å². The minimum absolute atomic E-state index is 0.366. The van der Waals surface area contributed by atoms with Gasteiger partial charge in [-0.1, -0.05) is 12.1 Å². The number of ether oxygens (including phenoxy) is 2. The van der Waals surface area contributed by atoms with E-state index in [9.17, 15) is 0 Å². The molecule has 0 unspecified atom stereocenters. The van der Waals surface area contributed by atoms with E-state index in [0.29, 0.717) is 12.8 Å². The van der Waals surface area contributed by atoms with E-state index in [1.54, 1.807) is 0 Å². The van der Waals surface area contributed by atoms with Crippen molar-refractivity contribution in [3.8, 4) is 11.5 Å². The monoisotopic (exact) mass is 260 g/mol. The summed E-state index contributed by atoms with van der Waals surface area (Å²) >= 11 is 0. The van der Waals surface area contributed by atoms with Gasteiger partial charge in [0.1, 0.15) is 0 Å². The van der Waals surface area contributed by atoms with Crippen molar-refractivity contribution in [1.29, 1.82) is 0 Å². The summed E-state index contributed by atoms with van der Waals surface area (Å²) in [5, 5.41) is 3.44. The van der Waals surface area contributed by atoms with Crippen LogP contribution >= 0.6 is 0 Å². The highest BCUT2D eigenvalue weighted by Gasteiger charge is 2.39. The van der Waals surface area contributed by atoms with Gasteiger partial charge in [0, 0.05) is 37.8 Å². The summed E-state index contributed by atoms with van der Waals surface area (Å²) in [6, 6.07) is 6.84. The highest BCUT2D eigenvalue weighted by molar-refractivity contribution is 5.50. The van der Waals surface area contributed by atoms with Gasteiger partial charge in [-0.2, -0.15) is 0 Å². The second kappa shape index (κ2) is 4.69. The smallest absolute Gasteiger partial charge is 0.231 e. The van der Waals surface area contributed by atoms with Gasteiger partial charge in [-0.05, 0) is 24.8 Å². The Morgan fingerprint density at radius 3 is 2.79 bits per heavy atom. The Balaban J connectivity index is 1.69. The molecule has 3 aliphatic rings. The molecule has 1 N–H and O–H groups in total. The molecule has 1 aliphatic carbocycles. The first-order valence-electron chi connectivity index (χ1n) is 7.27. The fourth-order valence-electron chi connectivity index (χ4n) is 3.31. The lowest BCUT2D eigenvalue weighted by molar-refractivity contribution is 0.147. The zero-order chi connectivity index (χ0) is 12.7. The van der Waals surface area contributed by atoms with E-state index in [0.717, 1.165) is 43.6 Å². The van der Waals surface area contributed by atoms with E-state index in [-0.39, 0.29) is 0 Å². The lowest BCUT2D eigenvalue weighted by atomic mass is 9.98. The Bertz CT molecular complexity index is 467. The van der Waals surface area contributed by atoms with E-state index >= 15 is 0 Å². The minimum atomic E-state index is 0.366. The van der Waals surface area contributed by atoms with Crippen LogP contribution in [0.25, 0.3) is 0 Å². The van der Waals surface area contributed by atoms with Crippen LogP contribution in [0.3, 0.4) is 0 Å². The lowest BCUT2D eigenvalue weighted by Gasteiger charge is -2.35. The molecule has 102 valence electrons. The predicted octanol–water partition coefficient (Wildman–Crippen LogP) is 1.77. The van der Waals surface area contributed by atoms with Crippen LogP contribution in [-0.4, -0.2) is 37.9 Å². The predicted molar refractivity (Wildman–Crippen MR) is 72.5 cm³/mol. The van der Waals surface area contributed by atoms with E-state index < -0.39 is 0 Å². The molecule has 2 fully saturated rings. The molecule has 1 atom stereocenters. The molecule has 0 bridgehead atoms. The molecule has 4 nitrogen and oxygen atoms in total. The molecule has 0 spiro atoms. The molecule has 0 amide bonds. The molecule has 4 rings (SSSR count). The standard InChI is InChI=1S/C15H20N2O2/c1-2-12(15-13(3-1)18-10-19-15)14(11-4-5-11)17-8-6-16-7-9-17/h1-3,11,14,16H,4-10H2/t14-/m0/s1. The Kier molecular flexibility index (Phi) is 2.85. The van der Waals surface area contributed by atoms with Gasteiger partial charge in [-0.15, -0.1) is 0 Å². The molecule has 1 saturated heterocycles. The van der Waals surface area contributed by atoms with Crippen molar-refractivity contribution >= 4 is 0 Å². The third-order valence-electron chi connectivity index (χ3n) is 4.36. The largest absolute Gasteiger partial charge is 0.454 e. The summed E-state index contributed by atoms with van der Waals surface area (Å²) in [4.78, 5) is 2.62. The van der Waals surface area contributed by atoms with Crippen molar-refractivity contribution in [2.24, 2.45) is 5.92 Å². The maximum Gasteiger partial charge on any atom is 0.231 e. The van der Waals surface area contributed by atoms with Crippen molar-refractivity contribution in [1.82, 2.24) is 10.2 Å². The van der Waals surface area contributed by atoms with Crippen LogP contribution in [-0.2, 0) is 0 Å². The summed E-state index contributed by atoms with van der Waals surface area (Å²) in [6.45, 7) is 4.81. The fourth-order valence-corrected chi connectivity index (χ4v) is 3.31. The van der Waals surface area contributed by atoms with E-state index in [1.807, 2.05) is 6.07 Å². The van der Waals surface area contributed by atoms with Gasteiger partial charge in [-0.25, -0.2) is 0 Å². The van der Waals surface area contributed by atoms with Gasteiger partial charge in [-0.3, -0.25) is 4.90 Å². The number of hydrogen-bond donors (Lipinski definition) is 1. The first-order valence-corrected chi connectivity index (χ1v) is 7.27. The topological polar surface area (TPSA) is 33.7 Å². The number of hydrogen-bond acceptors (Lipinski definition) is 4. The third kappa shape index (κ3) is 2.09. The molecular weight excluding hydrogens is 240 g/mol. The van der Waals surface area contributed by atoms with Gasteiger partial charge in [0.2, 0.25) is 6.79 Å². The van der Waals surface area contributed by atoms with Crippen molar-refractivity contribution in [2.75, 3.05) is 33.0 Å². The maximum absolute atomic E-state index is 5.71. The van der Waals surface area contributed by atoms with E-state index in [2.05, 4.69) is 22.3 Å². The molecule has 0 radical (unpaired) electrons. The van der Waals surface area contributed by atoms with Crippen molar-refractivity contribution < 1.29 is 9.47 Å². The molecule has 2 aliphatic heterocycles. The zero-order valence-corrected chi connectivity index (χ0v) is 11.1. The second-order valence-corrected chi connectivity index (χ2v) is 5.65. The van der Waals surface area contributed by atoms with Crippen molar-refractivity contribution in [3.05, 3.63) is 23.8 Å². The number of nitrogens with zero attached hydrogens (tertiary/aromatic N) is 1. The third-order valence-corrected chi connectivity index (χ3v) is 4.36. The number of nitrogens with one attached hydrogen (secondary N) is 1. The number of benzene rings is 1. The average Bonchev–Trinajstić information content (AvgIpc) is 3.17. The average molecular weight is 260 g/mol. The quantitative estimate of drug-likeness (QED) is 0.898. The van der Waals surface area contributed by atoms with Crippen molar-refractivity contribution in [2.45, 2.75) is 18.9 Å². The first-order chi connectivity index (χ1) is 9.43. The molecular formula is C15H20N2O2. The number of rotatable bonds is 3. The van der Waals surface area contributed by atoms with Gasteiger partial charge in [0.25, 0.3) is 0 Å². The Morgan fingerprint density at radius 1 is 1.16 bits per heavy atom. The highest BCUT2D eigenvalue weighted by atomic mass is 16.7. The van der Waals surface area contributed by atoms with E-state index in [1.165, 1.54) is 18.4 Å². The normalized spacial score (nSPS) is 24.4. The summed E-state index contributed by atoms with van der Waals surface area (Å²) < 4.78 is 11.2. The van der Waals surface area contributed by atoms with Crippen LogP contribution in [0.2, 0.25) is 0 Å². The molecule has 4 heteroatoms. The van der Waals surface area contributed by atoms with Crippen molar-refractivity contribution in [3.63, 3.8) is 0 Å². The number of para-hydroxylation sites is 1. The second-order valence-electron chi connectivity index (χ2n) is 5.65. The Hall–Kier alpha value is -1.26. The van der Waals surface area contributed by atoms with Crippen LogP contribution in [0, 0.1) is 5.92 Å². The molecule has 1 saturated carbocycles. The minimum Gasteiger partial charge on any atom is -0.454 e. The highest BCUT2D eigenvalue weighted by Crippen LogP contribution is 2.49. The summed E-state index contributed by atoms with van der Waals surface area (Å²) in [5.74, 6) is 2.70. The summed E-state index contributed by atoms with van der Waals surface area (Å²) in [5.41, 5.74) is 1.33. The fraction of sp³-hybridized carbons (Fsp3) is 0.600. The molecule has 0 aromatic heterocycles. The maximum atomic E-state index is 5.71. The first kappa shape index (κ1) is 11.6. The Morgan fingerprint density at radius 2 is 2.00 bits per heavy atom. The van der Waals surface area contributed by atoms with Gasteiger partial charge >= 0.3 is 0 Å². The van der Waals surface area contributed by atoms with E-state index in [4.69, 9.17) is 9.47 Å². The van der Waals surface area contributed by atoms with Gasteiger partial charge in [0.15, 0.2) is 11.5 Å². The lowest BCUT2D eigenvalue weighted by Crippen LogP contribution is -2.45. The summed E-state index contributed by atoms with van der Waals surface area (Å²) in [7, 11) is 0. The number of fused-ring (bicyclic) bond motifs is 1. The molecule has 2 heterocycles. The van der Waals surface area contributed by atoms with Crippen LogP contribution in [0.5, 0.6) is 11.5 Å². The molecule has 19 heavy (non-hydrogen) atoms. The zero-order valence-electron chi connectivity index (χ0n) is 11.1. The summed E-state index contributed by atoms with van der Waals surface area (Å²) in [6.07, 6.45) is 2.69. The Labute approximate surface area is 113 Å². The van der Waals surface area contributed by atoms with Crippen LogP contribution < -0.4 is 14.8 Å². The molecule has 1 aromatic rings. The van der Waals surface area contributed by atoms with Crippen LogP contribution in [0.15, 0.2) is 18.2 Å².